The summed E-state index contributed by atoms with van der Waals surface area (Å²) in [6.45, 7) is 4.50. The summed E-state index contributed by atoms with van der Waals surface area (Å²) >= 11 is 6.03. The van der Waals surface area contributed by atoms with Crippen molar-refractivity contribution >= 4 is 29.0 Å². The Labute approximate surface area is 122 Å². The zero-order valence-electron chi connectivity index (χ0n) is 11.3. The fraction of sp³-hybridized carbons (Fsp3) is 0.214. The Bertz CT molecular complexity index is 630. The van der Waals surface area contributed by atoms with Crippen molar-refractivity contribution in [2.45, 2.75) is 13.8 Å². The Morgan fingerprint density at radius 3 is 2.90 bits per heavy atom. The third-order valence-corrected chi connectivity index (χ3v) is 3.01. The third-order valence-electron chi connectivity index (χ3n) is 2.71. The lowest BCUT2D eigenvalue weighted by Gasteiger charge is -2.10. The Morgan fingerprint density at radius 2 is 2.20 bits per heavy atom. The van der Waals surface area contributed by atoms with Gasteiger partial charge in [-0.1, -0.05) is 11.6 Å². The smallest absolute Gasteiger partial charge is 0.257 e. The van der Waals surface area contributed by atoms with Gasteiger partial charge in [0, 0.05) is 18.9 Å². The van der Waals surface area contributed by atoms with E-state index in [0.717, 1.165) is 12.2 Å². The van der Waals surface area contributed by atoms with Crippen LogP contribution in [0.1, 0.15) is 23.0 Å². The molecule has 1 amide bonds. The summed E-state index contributed by atoms with van der Waals surface area (Å²) in [6, 6.07) is 5.19. The van der Waals surface area contributed by atoms with Gasteiger partial charge in [-0.3, -0.25) is 9.78 Å². The van der Waals surface area contributed by atoms with Crippen LogP contribution in [0.15, 0.2) is 30.6 Å². The molecule has 2 heterocycles. The molecule has 6 heteroatoms. The minimum atomic E-state index is -0.285. The van der Waals surface area contributed by atoms with Gasteiger partial charge in [-0.2, -0.15) is 0 Å². The largest absolute Gasteiger partial charge is 0.370 e. The average Bonchev–Trinajstić information content (AvgIpc) is 2.43. The first-order valence-corrected chi connectivity index (χ1v) is 6.62. The number of nitrogens with zero attached hydrogens (tertiary/aromatic N) is 2. The van der Waals surface area contributed by atoms with E-state index in [1.807, 2.05) is 13.8 Å². The molecule has 2 aromatic rings. The second kappa shape index (κ2) is 6.34. The molecule has 0 aromatic carbocycles. The van der Waals surface area contributed by atoms with E-state index in [4.69, 9.17) is 11.6 Å². The number of aromatic nitrogens is 2. The van der Waals surface area contributed by atoms with Gasteiger partial charge in [0.05, 0.1) is 22.0 Å². The molecule has 0 spiro atoms. The quantitative estimate of drug-likeness (QED) is 0.908. The van der Waals surface area contributed by atoms with Crippen molar-refractivity contribution in [2.75, 3.05) is 17.2 Å². The number of carbonyl (C=O) groups excluding carboxylic acids is 1. The summed E-state index contributed by atoms with van der Waals surface area (Å²) in [6.07, 6.45) is 3.14. The summed E-state index contributed by atoms with van der Waals surface area (Å²) in [4.78, 5) is 20.5. The highest BCUT2D eigenvalue weighted by Gasteiger charge is 2.13. The first-order valence-electron chi connectivity index (χ1n) is 6.24. The molecule has 20 heavy (non-hydrogen) atoms. The molecule has 0 radical (unpaired) electrons. The topological polar surface area (TPSA) is 66.9 Å². The summed E-state index contributed by atoms with van der Waals surface area (Å²) in [5.41, 5.74) is 1.79. The highest BCUT2D eigenvalue weighted by molar-refractivity contribution is 6.34. The Morgan fingerprint density at radius 1 is 1.40 bits per heavy atom. The van der Waals surface area contributed by atoms with E-state index in [-0.39, 0.29) is 5.91 Å². The number of halogens is 1. The molecule has 0 unspecified atom stereocenters. The first-order chi connectivity index (χ1) is 9.61. The van der Waals surface area contributed by atoms with Crippen LogP contribution in [0.2, 0.25) is 5.02 Å². The number of rotatable bonds is 4. The Hall–Kier alpha value is -2.14. The highest BCUT2D eigenvalue weighted by atomic mass is 35.5. The van der Waals surface area contributed by atoms with Gasteiger partial charge in [0.15, 0.2) is 0 Å². The highest BCUT2D eigenvalue weighted by Crippen LogP contribution is 2.20. The summed E-state index contributed by atoms with van der Waals surface area (Å²) in [5, 5.41) is 6.15. The number of nitrogens with one attached hydrogen (secondary N) is 2. The lowest BCUT2D eigenvalue weighted by molar-refractivity contribution is 0.102. The van der Waals surface area contributed by atoms with Gasteiger partial charge in [0.2, 0.25) is 0 Å². The molecule has 0 aliphatic heterocycles. The van der Waals surface area contributed by atoms with Crippen LogP contribution in [0, 0.1) is 6.92 Å². The number of anilines is 2. The van der Waals surface area contributed by atoms with Crippen LogP contribution < -0.4 is 10.6 Å². The predicted molar refractivity (Wildman–Crippen MR) is 80.3 cm³/mol. The van der Waals surface area contributed by atoms with Crippen LogP contribution in [0.3, 0.4) is 0 Å². The minimum Gasteiger partial charge on any atom is -0.370 e. The molecule has 0 bridgehead atoms. The fourth-order valence-electron chi connectivity index (χ4n) is 1.70. The summed E-state index contributed by atoms with van der Waals surface area (Å²) < 4.78 is 0. The Balaban J connectivity index is 2.25. The van der Waals surface area contributed by atoms with Crippen LogP contribution in [0.25, 0.3) is 0 Å². The molecule has 2 N–H and O–H groups in total. The van der Waals surface area contributed by atoms with Crippen molar-refractivity contribution in [3.05, 3.63) is 46.9 Å². The number of hydrogen-bond donors (Lipinski definition) is 2. The van der Waals surface area contributed by atoms with Crippen LogP contribution >= 0.6 is 11.6 Å². The van der Waals surface area contributed by atoms with Gasteiger partial charge in [-0.25, -0.2) is 4.98 Å². The number of aryl methyl sites for hydroxylation is 1. The van der Waals surface area contributed by atoms with E-state index >= 15 is 0 Å². The number of carbonyl (C=O) groups is 1. The van der Waals surface area contributed by atoms with Crippen LogP contribution in [-0.2, 0) is 0 Å². The second-order valence-corrected chi connectivity index (χ2v) is 4.58. The van der Waals surface area contributed by atoms with E-state index in [1.54, 1.807) is 24.4 Å². The summed E-state index contributed by atoms with van der Waals surface area (Å²) in [5.74, 6) is 0.331. The molecule has 2 rings (SSSR count). The monoisotopic (exact) mass is 290 g/mol. The molecule has 0 saturated carbocycles. The van der Waals surface area contributed by atoms with Crippen molar-refractivity contribution in [1.82, 2.24) is 9.97 Å². The molecule has 2 aromatic heterocycles. The van der Waals surface area contributed by atoms with Crippen molar-refractivity contribution in [3.63, 3.8) is 0 Å². The lowest BCUT2D eigenvalue weighted by atomic mass is 10.2. The van der Waals surface area contributed by atoms with Crippen molar-refractivity contribution < 1.29 is 4.79 Å². The van der Waals surface area contributed by atoms with Crippen molar-refractivity contribution in [2.24, 2.45) is 0 Å². The van der Waals surface area contributed by atoms with Gasteiger partial charge >= 0.3 is 0 Å². The number of amides is 1. The first kappa shape index (κ1) is 14.3. The number of pyridine rings is 2. The maximum absolute atomic E-state index is 12.3. The van der Waals surface area contributed by atoms with Crippen LogP contribution in [0.4, 0.5) is 11.5 Å². The van der Waals surface area contributed by atoms with Crippen molar-refractivity contribution in [1.29, 1.82) is 0 Å². The number of hydrogen-bond acceptors (Lipinski definition) is 4. The SMILES string of the molecule is CCNc1cc(C(=O)Nc2cccnc2C)c(Cl)cn1. The van der Waals surface area contributed by atoms with E-state index < -0.39 is 0 Å². The van der Waals surface area contributed by atoms with Crippen LogP contribution in [-0.4, -0.2) is 22.4 Å². The molecule has 0 fully saturated rings. The zero-order valence-corrected chi connectivity index (χ0v) is 12.0. The molecular formula is C14H15ClN4O. The molecule has 5 nitrogen and oxygen atoms in total. The van der Waals surface area contributed by atoms with E-state index in [9.17, 15) is 4.79 Å². The molecule has 0 atom stereocenters. The third kappa shape index (κ3) is 3.24. The lowest BCUT2D eigenvalue weighted by Crippen LogP contribution is -2.14. The van der Waals surface area contributed by atoms with Gasteiger partial charge in [0.25, 0.3) is 5.91 Å². The van der Waals surface area contributed by atoms with E-state index in [0.29, 0.717) is 22.1 Å². The molecular weight excluding hydrogens is 276 g/mol. The minimum absolute atomic E-state index is 0.285. The van der Waals surface area contributed by atoms with Gasteiger partial charge in [-0.05, 0) is 32.0 Å². The predicted octanol–water partition coefficient (Wildman–Crippen LogP) is 3.12. The standard InChI is InChI=1S/C14H15ClN4O/c1-3-16-13-7-10(11(15)8-18-13)14(20)19-12-5-4-6-17-9(12)2/h4-8H,3H2,1-2H3,(H,16,18)(H,19,20). The molecule has 104 valence electrons. The van der Waals surface area contributed by atoms with Gasteiger partial charge < -0.3 is 10.6 Å². The maximum atomic E-state index is 12.3. The Kier molecular flexibility index (Phi) is 4.53. The van der Waals surface area contributed by atoms with Crippen molar-refractivity contribution in [3.8, 4) is 0 Å². The fourth-order valence-corrected chi connectivity index (χ4v) is 1.89. The molecule has 0 aliphatic rings. The van der Waals surface area contributed by atoms with Crippen LogP contribution in [0.5, 0.6) is 0 Å². The molecule has 0 aliphatic carbocycles. The molecule has 0 saturated heterocycles. The zero-order chi connectivity index (χ0) is 14.5. The second-order valence-electron chi connectivity index (χ2n) is 4.17. The van der Waals surface area contributed by atoms with E-state index in [2.05, 4.69) is 20.6 Å². The summed E-state index contributed by atoms with van der Waals surface area (Å²) in [7, 11) is 0. The maximum Gasteiger partial charge on any atom is 0.257 e. The normalized spacial score (nSPS) is 10.2. The van der Waals surface area contributed by atoms with Gasteiger partial charge in [-0.15, -0.1) is 0 Å². The van der Waals surface area contributed by atoms with E-state index in [1.165, 1.54) is 6.20 Å². The van der Waals surface area contributed by atoms with Gasteiger partial charge in [0.1, 0.15) is 5.82 Å². The average molecular weight is 291 g/mol.